The quantitative estimate of drug-likeness (QED) is 0.837. The number of nitrogens with zero attached hydrogens (tertiary/aromatic N) is 1. The zero-order valence-electron chi connectivity index (χ0n) is 13.3. The SMILES string of the molecule is CC(=O)N1C[C@H](NC(=O)c2ccc(F)c(C)c2)CC[C@@H]1C(F)(F)F. The number of amides is 2. The van der Waals surface area contributed by atoms with Crippen LogP contribution in [0.1, 0.15) is 35.7 Å². The van der Waals surface area contributed by atoms with Crippen molar-refractivity contribution >= 4 is 11.8 Å². The first-order valence-corrected chi connectivity index (χ1v) is 7.50. The van der Waals surface area contributed by atoms with Gasteiger partial charge in [0.2, 0.25) is 5.91 Å². The fourth-order valence-corrected chi connectivity index (χ4v) is 2.83. The number of hydrogen-bond acceptors (Lipinski definition) is 2. The van der Waals surface area contributed by atoms with E-state index in [0.717, 1.165) is 17.9 Å². The van der Waals surface area contributed by atoms with Gasteiger partial charge in [0.1, 0.15) is 11.9 Å². The summed E-state index contributed by atoms with van der Waals surface area (Å²) in [5.74, 6) is -1.63. The molecule has 2 amide bonds. The Morgan fingerprint density at radius 2 is 1.92 bits per heavy atom. The monoisotopic (exact) mass is 346 g/mol. The molecule has 1 fully saturated rings. The van der Waals surface area contributed by atoms with E-state index in [1.165, 1.54) is 19.1 Å². The van der Waals surface area contributed by atoms with Gasteiger partial charge in [-0.3, -0.25) is 9.59 Å². The molecule has 1 aliphatic heterocycles. The molecule has 0 saturated carbocycles. The van der Waals surface area contributed by atoms with Crippen molar-refractivity contribution in [1.29, 1.82) is 0 Å². The molecule has 1 aromatic rings. The number of nitrogens with one attached hydrogen (secondary N) is 1. The van der Waals surface area contributed by atoms with E-state index in [1.54, 1.807) is 0 Å². The summed E-state index contributed by atoms with van der Waals surface area (Å²) in [6, 6.07) is 1.44. The van der Waals surface area contributed by atoms with E-state index >= 15 is 0 Å². The van der Waals surface area contributed by atoms with Crippen LogP contribution in [0.5, 0.6) is 0 Å². The summed E-state index contributed by atoms with van der Waals surface area (Å²) in [6.45, 7) is 2.38. The lowest BCUT2D eigenvalue weighted by Gasteiger charge is -2.40. The molecule has 1 saturated heterocycles. The Balaban J connectivity index is 2.07. The van der Waals surface area contributed by atoms with Crippen molar-refractivity contribution in [2.75, 3.05) is 6.54 Å². The fraction of sp³-hybridized carbons (Fsp3) is 0.500. The van der Waals surface area contributed by atoms with Crippen LogP contribution in [-0.2, 0) is 4.79 Å². The smallest absolute Gasteiger partial charge is 0.348 e. The second-order valence-electron chi connectivity index (χ2n) is 5.94. The van der Waals surface area contributed by atoms with Crippen molar-refractivity contribution in [3.63, 3.8) is 0 Å². The van der Waals surface area contributed by atoms with Crippen LogP contribution in [0.3, 0.4) is 0 Å². The third-order valence-corrected chi connectivity index (χ3v) is 4.12. The van der Waals surface area contributed by atoms with Crippen LogP contribution in [0.25, 0.3) is 0 Å². The maximum atomic E-state index is 13.2. The number of halogens is 4. The molecule has 1 N–H and O–H groups in total. The Hall–Kier alpha value is -2.12. The Morgan fingerprint density at radius 3 is 2.46 bits per heavy atom. The van der Waals surface area contributed by atoms with E-state index in [1.807, 2.05) is 0 Å². The molecule has 0 aromatic heterocycles. The summed E-state index contributed by atoms with van der Waals surface area (Å²) in [4.78, 5) is 24.4. The normalized spacial score (nSPS) is 21.5. The molecule has 24 heavy (non-hydrogen) atoms. The standard InChI is InChI=1S/C16H18F4N2O2/c1-9-7-11(3-5-13(9)17)15(24)21-12-4-6-14(16(18,19)20)22(8-12)10(2)23/h3,5,7,12,14H,4,6,8H2,1-2H3,(H,21,24)/t12-,14-/m1/s1. The van der Waals surface area contributed by atoms with Crippen molar-refractivity contribution < 1.29 is 27.2 Å². The van der Waals surface area contributed by atoms with Gasteiger partial charge in [-0.05, 0) is 43.5 Å². The zero-order valence-corrected chi connectivity index (χ0v) is 13.3. The van der Waals surface area contributed by atoms with E-state index in [0.29, 0.717) is 5.56 Å². The highest BCUT2D eigenvalue weighted by atomic mass is 19.4. The average molecular weight is 346 g/mol. The number of rotatable bonds is 2. The highest BCUT2D eigenvalue weighted by Crippen LogP contribution is 2.32. The summed E-state index contributed by atoms with van der Waals surface area (Å²) < 4.78 is 52.1. The van der Waals surface area contributed by atoms with Gasteiger partial charge in [0.15, 0.2) is 0 Å². The number of alkyl halides is 3. The molecule has 1 aliphatic rings. The number of benzene rings is 1. The van der Waals surface area contributed by atoms with Gasteiger partial charge in [0, 0.05) is 25.1 Å². The van der Waals surface area contributed by atoms with Crippen LogP contribution in [-0.4, -0.2) is 41.5 Å². The third-order valence-electron chi connectivity index (χ3n) is 4.12. The Morgan fingerprint density at radius 1 is 1.25 bits per heavy atom. The molecule has 2 rings (SSSR count). The summed E-state index contributed by atoms with van der Waals surface area (Å²) in [6.07, 6.45) is -4.65. The molecule has 2 atom stereocenters. The molecule has 0 aliphatic carbocycles. The van der Waals surface area contributed by atoms with E-state index in [9.17, 15) is 27.2 Å². The van der Waals surface area contributed by atoms with Crippen molar-refractivity contribution in [2.45, 2.75) is 44.9 Å². The van der Waals surface area contributed by atoms with Crippen LogP contribution in [0.2, 0.25) is 0 Å². The molecular formula is C16H18F4N2O2. The van der Waals surface area contributed by atoms with Gasteiger partial charge in [-0.25, -0.2) is 4.39 Å². The van der Waals surface area contributed by atoms with E-state index in [4.69, 9.17) is 0 Å². The summed E-state index contributed by atoms with van der Waals surface area (Å²) in [5, 5.41) is 2.62. The van der Waals surface area contributed by atoms with Crippen molar-refractivity contribution in [3.05, 3.63) is 35.1 Å². The van der Waals surface area contributed by atoms with E-state index < -0.39 is 35.9 Å². The van der Waals surface area contributed by atoms with Crippen LogP contribution < -0.4 is 5.32 Å². The number of carbonyl (C=O) groups is 2. The van der Waals surface area contributed by atoms with Gasteiger partial charge in [-0.1, -0.05) is 0 Å². The first-order chi connectivity index (χ1) is 11.1. The third kappa shape index (κ3) is 4.04. The summed E-state index contributed by atoms with van der Waals surface area (Å²) >= 11 is 0. The Bertz CT molecular complexity index is 645. The molecule has 0 spiro atoms. The lowest BCUT2D eigenvalue weighted by molar-refractivity contribution is -0.196. The molecule has 4 nitrogen and oxygen atoms in total. The maximum Gasteiger partial charge on any atom is 0.408 e. The molecule has 1 heterocycles. The molecule has 1 aromatic carbocycles. The van der Waals surface area contributed by atoms with Crippen molar-refractivity contribution in [2.24, 2.45) is 0 Å². The van der Waals surface area contributed by atoms with E-state index in [2.05, 4.69) is 5.32 Å². The number of hydrogen-bond donors (Lipinski definition) is 1. The lowest BCUT2D eigenvalue weighted by atomic mass is 9.97. The molecule has 132 valence electrons. The first-order valence-electron chi connectivity index (χ1n) is 7.50. The number of aryl methyl sites for hydroxylation is 1. The molecule has 0 radical (unpaired) electrons. The number of likely N-dealkylation sites (tertiary alicyclic amines) is 1. The highest BCUT2D eigenvalue weighted by molar-refractivity contribution is 5.94. The number of carbonyl (C=O) groups excluding carboxylic acids is 2. The summed E-state index contributed by atoms with van der Waals surface area (Å²) in [7, 11) is 0. The lowest BCUT2D eigenvalue weighted by Crippen LogP contribution is -2.57. The summed E-state index contributed by atoms with van der Waals surface area (Å²) in [5.41, 5.74) is 0.523. The topological polar surface area (TPSA) is 49.4 Å². The Kier molecular flexibility index (Phi) is 5.15. The second-order valence-corrected chi connectivity index (χ2v) is 5.94. The average Bonchev–Trinajstić information content (AvgIpc) is 2.48. The van der Waals surface area contributed by atoms with Gasteiger partial charge in [-0.15, -0.1) is 0 Å². The molecule has 0 unspecified atom stereocenters. The highest BCUT2D eigenvalue weighted by Gasteiger charge is 2.47. The molecule has 8 heteroatoms. The van der Waals surface area contributed by atoms with Crippen LogP contribution in [0.4, 0.5) is 17.6 Å². The minimum Gasteiger partial charge on any atom is -0.348 e. The second kappa shape index (κ2) is 6.78. The van der Waals surface area contributed by atoms with Crippen molar-refractivity contribution in [1.82, 2.24) is 10.2 Å². The minimum absolute atomic E-state index is 0.111. The largest absolute Gasteiger partial charge is 0.408 e. The predicted octanol–water partition coefficient (Wildman–Crippen LogP) is 2.81. The minimum atomic E-state index is -4.49. The van der Waals surface area contributed by atoms with Gasteiger partial charge >= 0.3 is 6.18 Å². The first kappa shape index (κ1) is 18.2. The molecular weight excluding hydrogens is 328 g/mol. The van der Waals surface area contributed by atoms with Crippen LogP contribution in [0.15, 0.2) is 18.2 Å². The molecule has 0 bridgehead atoms. The van der Waals surface area contributed by atoms with Crippen molar-refractivity contribution in [3.8, 4) is 0 Å². The van der Waals surface area contributed by atoms with Gasteiger partial charge in [0.05, 0.1) is 0 Å². The zero-order chi connectivity index (χ0) is 18.1. The Labute approximate surface area is 136 Å². The van der Waals surface area contributed by atoms with E-state index in [-0.39, 0.29) is 24.9 Å². The number of piperidine rings is 1. The van der Waals surface area contributed by atoms with Crippen LogP contribution >= 0.6 is 0 Å². The van der Waals surface area contributed by atoms with Gasteiger partial charge in [-0.2, -0.15) is 13.2 Å². The predicted molar refractivity (Wildman–Crippen MR) is 78.9 cm³/mol. The fourth-order valence-electron chi connectivity index (χ4n) is 2.83. The van der Waals surface area contributed by atoms with Gasteiger partial charge < -0.3 is 10.2 Å². The van der Waals surface area contributed by atoms with Crippen LogP contribution in [0, 0.1) is 12.7 Å². The maximum absolute atomic E-state index is 13.2. The van der Waals surface area contributed by atoms with Gasteiger partial charge in [0.25, 0.3) is 5.91 Å².